The third kappa shape index (κ3) is 5.13. The van der Waals surface area contributed by atoms with E-state index in [1.807, 2.05) is 21.5 Å². The van der Waals surface area contributed by atoms with Crippen molar-refractivity contribution in [2.75, 3.05) is 0 Å². The molecule has 4 aromatic rings. The lowest BCUT2D eigenvalue weighted by Gasteiger charge is -2.26. The van der Waals surface area contributed by atoms with Gasteiger partial charge in [0, 0.05) is 18.3 Å². The van der Waals surface area contributed by atoms with Crippen LogP contribution in [0.15, 0.2) is 49.1 Å². The SMILES string of the molecule is CC1(Cc2ncnn2-c2cccc(C(C)(C)c3cccc(-n4ncnc4CC4(C)CCCC4)n3)n2)CCCC1. The van der Waals surface area contributed by atoms with E-state index in [0.717, 1.165) is 47.5 Å². The second-order valence-electron chi connectivity index (χ2n) is 13.0. The monoisotopic (exact) mass is 524 g/mol. The van der Waals surface area contributed by atoms with Crippen LogP contribution in [0.2, 0.25) is 0 Å². The molecule has 0 aromatic carbocycles. The highest BCUT2D eigenvalue weighted by Crippen LogP contribution is 2.41. The quantitative estimate of drug-likeness (QED) is 0.272. The highest BCUT2D eigenvalue weighted by molar-refractivity contribution is 5.36. The van der Waals surface area contributed by atoms with Gasteiger partial charge in [-0.25, -0.2) is 19.9 Å². The molecule has 2 aliphatic rings. The summed E-state index contributed by atoms with van der Waals surface area (Å²) in [6.07, 6.45) is 15.3. The number of pyridine rings is 2. The molecule has 8 heteroatoms. The summed E-state index contributed by atoms with van der Waals surface area (Å²) in [6, 6.07) is 12.3. The van der Waals surface area contributed by atoms with Crippen LogP contribution >= 0.6 is 0 Å². The first-order valence-corrected chi connectivity index (χ1v) is 14.5. The molecular weight excluding hydrogens is 484 g/mol. The van der Waals surface area contributed by atoms with E-state index in [9.17, 15) is 0 Å². The molecule has 0 atom stereocenters. The molecule has 0 saturated heterocycles. The van der Waals surface area contributed by atoms with Gasteiger partial charge in [0.15, 0.2) is 11.6 Å². The second-order valence-corrected chi connectivity index (χ2v) is 13.0. The summed E-state index contributed by atoms with van der Waals surface area (Å²) in [5, 5.41) is 9.14. The van der Waals surface area contributed by atoms with Gasteiger partial charge in [0.05, 0.1) is 11.4 Å². The average Bonchev–Trinajstić information content (AvgIpc) is 3.74. The Morgan fingerprint density at radius 2 is 1.08 bits per heavy atom. The number of hydrogen-bond acceptors (Lipinski definition) is 6. The molecular formula is C31H40N8. The van der Waals surface area contributed by atoms with Crippen molar-refractivity contribution >= 4 is 0 Å². The zero-order chi connectivity index (χ0) is 27.1. The summed E-state index contributed by atoms with van der Waals surface area (Å²) in [7, 11) is 0. The highest BCUT2D eigenvalue weighted by atomic mass is 15.4. The van der Waals surface area contributed by atoms with Crippen LogP contribution in [0.25, 0.3) is 11.6 Å². The van der Waals surface area contributed by atoms with Gasteiger partial charge in [-0.1, -0.05) is 51.7 Å². The molecule has 6 rings (SSSR count). The van der Waals surface area contributed by atoms with Gasteiger partial charge < -0.3 is 0 Å². The largest absolute Gasteiger partial charge is 0.233 e. The Balaban J connectivity index is 1.28. The van der Waals surface area contributed by atoms with Crippen molar-refractivity contribution in [3.8, 4) is 11.6 Å². The van der Waals surface area contributed by atoms with E-state index in [-0.39, 0.29) is 0 Å². The zero-order valence-corrected chi connectivity index (χ0v) is 23.8. The third-order valence-electron chi connectivity index (χ3n) is 9.21. The van der Waals surface area contributed by atoms with Crippen molar-refractivity contribution in [2.24, 2.45) is 10.8 Å². The maximum Gasteiger partial charge on any atom is 0.155 e. The molecule has 0 unspecified atom stereocenters. The standard InChI is InChI=1S/C31H40N8/c1-29(2,23-11-9-13-25(36-23)38-27(32-21-34-38)19-30(3)15-5-6-16-30)24-12-10-14-26(37-24)39-28(33-22-35-39)20-31(4)17-7-8-18-31/h9-14,21-22H,5-8,15-20H2,1-4H3. The Morgan fingerprint density at radius 1 is 0.667 bits per heavy atom. The predicted molar refractivity (Wildman–Crippen MR) is 151 cm³/mol. The molecule has 0 amide bonds. The van der Waals surface area contributed by atoms with Gasteiger partial charge in [0.1, 0.15) is 24.3 Å². The lowest BCUT2D eigenvalue weighted by Crippen LogP contribution is -2.24. The molecule has 0 N–H and O–H groups in total. The Bertz CT molecular complexity index is 1330. The summed E-state index contributed by atoms with van der Waals surface area (Å²) < 4.78 is 3.83. The molecule has 39 heavy (non-hydrogen) atoms. The van der Waals surface area contributed by atoms with Gasteiger partial charge in [0.2, 0.25) is 0 Å². The average molecular weight is 525 g/mol. The van der Waals surface area contributed by atoms with E-state index in [1.54, 1.807) is 12.7 Å². The zero-order valence-electron chi connectivity index (χ0n) is 23.8. The maximum absolute atomic E-state index is 5.09. The molecule has 2 saturated carbocycles. The van der Waals surface area contributed by atoms with Crippen LogP contribution in [0.4, 0.5) is 0 Å². The predicted octanol–water partition coefficient (Wildman–Crippen LogP) is 6.21. The van der Waals surface area contributed by atoms with Crippen LogP contribution in [-0.2, 0) is 18.3 Å². The van der Waals surface area contributed by atoms with Crippen molar-refractivity contribution in [3.05, 3.63) is 72.1 Å². The molecule has 4 aromatic heterocycles. The molecule has 0 spiro atoms. The van der Waals surface area contributed by atoms with E-state index >= 15 is 0 Å². The number of nitrogens with zero attached hydrogens (tertiary/aromatic N) is 8. The smallest absolute Gasteiger partial charge is 0.155 e. The van der Waals surface area contributed by atoms with Gasteiger partial charge in [-0.2, -0.15) is 19.6 Å². The molecule has 0 radical (unpaired) electrons. The topological polar surface area (TPSA) is 87.2 Å². The van der Waals surface area contributed by atoms with Crippen LogP contribution < -0.4 is 0 Å². The molecule has 0 aliphatic heterocycles. The van der Waals surface area contributed by atoms with Crippen LogP contribution in [0, 0.1) is 10.8 Å². The minimum atomic E-state index is -0.428. The van der Waals surface area contributed by atoms with Crippen LogP contribution in [0.1, 0.15) is 102 Å². The maximum atomic E-state index is 5.09. The summed E-state index contributed by atoms with van der Waals surface area (Å²) in [5.74, 6) is 3.57. The third-order valence-corrected chi connectivity index (χ3v) is 9.21. The van der Waals surface area contributed by atoms with Crippen LogP contribution in [0.5, 0.6) is 0 Å². The van der Waals surface area contributed by atoms with Gasteiger partial charge in [-0.05, 0) is 74.6 Å². The lowest BCUT2D eigenvalue weighted by molar-refractivity contribution is 0.324. The molecule has 2 aliphatic carbocycles. The van der Waals surface area contributed by atoms with Gasteiger partial charge in [-0.3, -0.25) is 0 Å². The van der Waals surface area contributed by atoms with Crippen molar-refractivity contribution in [1.29, 1.82) is 0 Å². The van der Waals surface area contributed by atoms with E-state index in [1.165, 1.54) is 51.4 Å². The second kappa shape index (κ2) is 9.96. The Kier molecular flexibility index (Phi) is 6.60. The fraction of sp³-hybridized carbons (Fsp3) is 0.548. The Labute approximate surface area is 231 Å². The molecule has 204 valence electrons. The van der Waals surface area contributed by atoms with Gasteiger partial charge >= 0.3 is 0 Å². The van der Waals surface area contributed by atoms with Crippen molar-refractivity contribution in [3.63, 3.8) is 0 Å². The van der Waals surface area contributed by atoms with E-state index in [2.05, 4.69) is 72.1 Å². The summed E-state index contributed by atoms with van der Waals surface area (Å²) in [6.45, 7) is 9.10. The Morgan fingerprint density at radius 3 is 1.49 bits per heavy atom. The van der Waals surface area contributed by atoms with E-state index in [4.69, 9.17) is 9.97 Å². The number of rotatable bonds is 8. The van der Waals surface area contributed by atoms with Crippen LogP contribution in [0.3, 0.4) is 0 Å². The van der Waals surface area contributed by atoms with Crippen molar-refractivity contribution < 1.29 is 0 Å². The summed E-state index contributed by atoms with van der Waals surface area (Å²) in [5.41, 5.74) is 2.04. The van der Waals surface area contributed by atoms with E-state index in [0.29, 0.717) is 10.8 Å². The van der Waals surface area contributed by atoms with Gasteiger partial charge in [0.25, 0.3) is 0 Å². The van der Waals surface area contributed by atoms with Crippen LogP contribution in [-0.4, -0.2) is 39.5 Å². The minimum Gasteiger partial charge on any atom is -0.233 e. The van der Waals surface area contributed by atoms with Gasteiger partial charge in [-0.15, -0.1) is 0 Å². The first-order chi connectivity index (χ1) is 18.7. The first kappa shape index (κ1) is 25.8. The summed E-state index contributed by atoms with van der Waals surface area (Å²) >= 11 is 0. The van der Waals surface area contributed by atoms with E-state index < -0.39 is 5.41 Å². The molecule has 4 heterocycles. The van der Waals surface area contributed by atoms with Crippen molar-refractivity contribution in [1.82, 2.24) is 39.5 Å². The molecule has 8 nitrogen and oxygen atoms in total. The number of hydrogen-bond donors (Lipinski definition) is 0. The first-order valence-electron chi connectivity index (χ1n) is 14.5. The van der Waals surface area contributed by atoms with Crippen molar-refractivity contribution in [2.45, 2.75) is 97.3 Å². The summed E-state index contributed by atoms with van der Waals surface area (Å²) in [4.78, 5) is 19.4. The molecule has 2 fully saturated rings. The fourth-order valence-corrected chi connectivity index (χ4v) is 6.64. The number of aromatic nitrogens is 8. The lowest BCUT2D eigenvalue weighted by atomic mass is 9.84. The fourth-order valence-electron chi connectivity index (χ4n) is 6.64. The Hall–Kier alpha value is -3.42. The molecule has 0 bridgehead atoms. The highest BCUT2D eigenvalue weighted by Gasteiger charge is 2.33. The normalized spacial score (nSPS) is 18.6. The minimum absolute atomic E-state index is 0.293.